The van der Waals surface area contributed by atoms with Crippen LogP contribution in [0.25, 0.3) is 16.6 Å². The number of H-pyrrole nitrogens is 1. The Bertz CT molecular complexity index is 1450. The van der Waals surface area contributed by atoms with Crippen LogP contribution in [0.1, 0.15) is 68.2 Å². The number of alkyl halides is 1. The second-order valence-electron chi connectivity index (χ2n) is 11.8. The maximum atomic E-state index is 14.2. The fourth-order valence-electron chi connectivity index (χ4n) is 6.58. The molecule has 3 aliphatic rings. The second-order valence-corrected chi connectivity index (χ2v) is 11.8. The Labute approximate surface area is 222 Å². The number of hydrogen-bond donors (Lipinski definition) is 3. The van der Waals surface area contributed by atoms with Gasteiger partial charge in [-0.25, -0.2) is 4.39 Å². The summed E-state index contributed by atoms with van der Waals surface area (Å²) in [6.07, 6.45) is 7.30. The van der Waals surface area contributed by atoms with Crippen molar-refractivity contribution in [3.63, 3.8) is 0 Å². The molecule has 200 valence electrons. The lowest BCUT2D eigenvalue weighted by atomic mass is 9.62. The molecule has 1 atom stereocenters. The molecule has 1 aliphatic heterocycles. The van der Waals surface area contributed by atoms with Crippen molar-refractivity contribution in [3.05, 3.63) is 63.7 Å². The number of pyridine rings is 1. The topological polar surface area (TPSA) is 92.0 Å². The van der Waals surface area contributed by atoms with Crippen LogP contribution < -0.4 is 5.56 Å². The van der Waals surface area contributed by atoms with E-state index in [0.29, 0.717) is 17.4 Å². The Morgan fingerprint density at radius 3 is 2.74 bits per heavy atom. The third-order valence-electron chi connectivity index (χ3n) is 8.85. The van der Waals surface area contributed by atoms with E-state index >= 15 is 0 Å². The first-order chi connectivity index (χ1) is 18.3. The molecule has 38 heavy (non-hydrogen) atoms. The summed E-state index contributed by atoms with van der Waals surface area (Å²) in [7, 11) is 1.65. The molecule has 0 amide bonds. The number of likely N-dealkylation sites (N-methyl/N-ethyl adjacent to an activating group) is 1. The van der Waals surface area contributed by atoms with Crippen LogP contribution in [0.3, 0.4) is 0 Å². The molecule has 8 heteroatoms. The molecule has 1 aromatic carbocycles. The third-order valence-corrected chi connectivity index (χ3v) is 8.85. The van der Waals surface area contributed by atoms with Gasteiger partial charge in [0.15, 0.2) is 0 Å². The summed E-state index contributed by atoms with van der Waals surface area (Å²) in [5.74, 6) is 1.37. The van der Waals surface area contributed by atoms with Gasteiger partial charge in [0.2, 0.25) is 0 Å². The molecule has 0 spiro atoms. The van der Waals surface area contributed by atoms with Crippen molar-refractivity contribution >= 4 is 23.1 Å². The maximum absolute atomic E-state index is 14.2. The van der Waals surface area contributed by atoms with Crippen LogP contribution in [-0.2, 0) is 12.0 Å². The van der Waals surface area contributed by atoms with Gasteiger partial charge in [-0.3, -0.25) is 25.1 Å². The average Bonchev–Trinajstić information content (AvgIpc) is 3.65. The van der Waals surface area contributed by atoms with Crippen molar-refractivity contribution in [2.24, 2.45) is 5.92 Å². The van der Waals surface area contributed by atoms with E-state index in [1.54, 1.807) is 11.6 Å². The fourth-order valence-corrected chi connectivity index (χ4v) is 6.58. The molecule has 7 nitrogen and oxygen atoms in total. The van der Waals surface area contributed by atoms with E-state index in [1.807, 2.05) is 30.5 Å². The van der Waals surface area contributed by atoms with E-state index in [0.717, 1.165) is 61.1 Å². The van der Waals surface area contributed by atoms with Gasteiger partial charge in [-0.2, -0.15) is 0 Å². The largest absolute Gasteiger partial charge is 0.353 e. The van der Waals surface area contributed by atoms with Crippen LogP contribution in [0.15, 0.2) is 41.3 Å². The zero-order valence-electron chi connectivity index (χ0n) is 22.3. The summed E-state index contributed by atoms with van der Waals surface area (Å²) >= 11 is 0. The highest BCUT2D eigenvalue weighted by Crippen LogP contribution is 2.47. The third kappa shape index (κ3) is 4.28. The van der Waals surface area contributed by atoms with E-state index in [9.17, 15) is 9.18 Å². The highest BCUT2D eigenvalue weighted by Gasteiger charge is 2.50. The van der Waals surface area contributed by atoms with Crippen molar-refractivity contribution in [2.45, 2.75) is 69.5 Å². The quantitative estimate of drug-likeness (QED) is 0.293. The van der Waals surface area contributed by atoms with Gasteiger partial charge in [0.1, 0.15) is 17.5 Å². The first-order valence-electron chi connectivity index (χ1n) is 13.9. The number of aromatic nitrogens is 2. The van der Waals surface area contributed by atoms with Gasteiger partial charge in [0.25, 0.3) is 5.56 Å². The van der Waals surface area contributed by atoms with E-state index < -0.39 is 11.6 Å². The lowest BCUT2D eigenvalue weighted by Gasteiger charge is -2.46. The number of hydrogen-bond acceptors (Lipinski definition) is 4. The normalized spacial score (nSPS) is 25.8. The molecule has 0 unspecified atom stereocenters. The number of piperidine rings is 1. The number of rotatable bonds is 7. The zero-order valence-corrected chi connectivity index (χ0v) is 22.3. The van der Waals surface area contributed by atoms with Gasteiger partial charge in [0, 0.05) is 43.1 Å². The predicted molar refractivity (Wildman–Crippen MR) is 150 cm³/mol. The number of nitrogens with one attached hydrogen (secondary N) is 3. The highest BCUT2D eigenvalue weighted by molar-refractivity contribution is 5.98. The first-order valence-corrected chi connectivity index (χ1v) is 13.9. The Morgan fingerprint density at radius 2 is 2.05 bits per heavy atom. The Balaban J connectivity index is 1.40. The zero-order chi connectivity index (χ0) is 26.6. The molecule has 2 saturated carbocycles. The van der Waals surface area contributed by atoms with E-state index in [-0.39, 0.29) is 24.2 Å². The minimum absolute atomic E-state index is 0.0856. The summed E-state index contributed by atoms with van der Waals surface area (Å²) in [6.45, 7) is 5.32. The van der Waals surface area contributed by atoms with Gasteiger partial charge in [-0.05, 0) is 86.2 Å². The van der Waals surface area contributed by atoms with E-state index in [4.69, 9.17) is 10.8 Å². The SMILES string of the molecule is C[C@H]1CCCN(Cc2cc3c(C4CC4)cn(-c4cccc(C5(C(=N)N(C)C=N)CC(F)C5)c4)c(=O)c3[nH]2)C1. The highest BCUT2D eigenvalue weighted by atomic mass is 19.1. The van der Waals surface area contributed by atoms with Crippen LogP contribution in [0.4, 0.5) is 4.39 Å². The summed E-state index contributed by atoms with van der Waals surface area (Å²) in [4.78, 5) is 21.2. The Kier molecular flexibility index (Phi) is 6.25. The molecule has 0 radical (unpaired) electrons. The number of amidine groups is 1. The predicted octanol–water partition coefficient (Wildman–Crippen LogP) is 5.31. The van der Waals surface area contributed by atoms with E-state index in [1.165, 1.54) is 23.3 Å². The Hall–Kier alpha value is -3.26. The lowest BCUT2D eigenvalue weighted by molar-refractivity contribution is 0.136. The first kappa shape index (κ1) is 25.0. The molecule has 3 heterocycles. The van der Waals surface area contributed by atoms with Crippen molar-refractivity contribution in [3.8, 4) is 5.69 Å². The monoisotopic (exact) mass is 516 g/mol. The summed E-state index contributed by atoms with van der Waals surface area (Å²) in [6, 6.07) is 9.83. The molecule has 3 aromatic rings. The van der Waals surface area contributed by atoms with Gasteiger partial charge in [-0.15, -0.1) is 0 Å². The lowest BCUT2D eigenvalue weighted by Crippen LogP contribution is -2.53. The van der Waals surface area contributed by atoms with Crippen molar-refractivity contribution < 1.29 is 4.39 Å². The smallest absolute Gasteiger partial charge is 0.279 e. The van der Waals surface area contributed by atoms with Crippen molar-refractivity contribution in [2.75, 3.05) is 20.1 Å². The molecular weight excluding hydrogens is 479 g/mol. The van der Waals surface area contributed by atoms with Crippen LogP contribution in [0.5, 0.6) is 0 Å². The molecule has 3 N–H and O–H groups in total. The van der Waals surface area contributed by atoms with Crippen LogP contribution in [-0.4, -0.2) is 57.8 Å². The molecule has 2 aliphatic carbocycles. The minimum Gasteiger partial charge on any atom is -0.353 e. The minimum atomic E-state index is -0.973. The standard InChI is InChI=1S/C30H37FN6O/c1-19-5-4-10-36(15-19)16-23-12-25-26(20-8-9-20)17-37(28(38)27(25)34-23)24-7-3-6-21(11-24)30(13-22(31)14-30)29(33)35(2)18-32/h3,6-7,11-12,17-20,22,32-34H,4-5,8-10,13-16H2,1-2H3/t19-,22?,30?/m0/s1. The van der Waals surface area contributed by atoms with Gasteiger partial charge in [-0.1, -0.05) is 19.1 Å². The number of fused-ring (bicyclic) bond motifs is 1. The van der Waals surface area contributed by atoms with Gasteiger partial charge < -0.3 is 9.88 Å². The number of likely N-dealkylation sites (tertiary alicyclic amines) is 1. The Morgan fingerprint density at radius 1 is 1.26 bits per heavy atom. The summed E-state index contributed by atoms with van der Waals surface area (Å²) in [5, 5.41) is 17.3. The van der Waals surface area contributed by atoms with Crippen LogP contribution in [0, 0.1) is 16.7 Å². The molecule has 3 fully saturated rings. The fraction of sp³-hybridized carbons (Fsp3) is 0.500. The van der Waals surface area contributed by atoms with Crippen LogP contribution >= 0.6 is 0 Å². The van der Waals surface area contributed by atoms with E-state index in [2.05, 4.69) is 22.9 Å². The summed E-state index contributed by atoms with van der Waals surface area (Å²) in [5.41, 5.74) is 3.61. The van der Waals surface area contributed by atoms with Gasteiger partial charge in [0.05, 0.1) is 11.8 Å². The van der Waals surface area contributed by atoms with Gasteiger partial charge >= 0.3 is 0 Å². The molecule has 6 rings (SSSR count). The average molecular weight is 517 g/mol. The number of aromatic amines is 1. The summed E-state index contributed by atoms with van der Waals surface area (Å²) < 4.78 is 15.9. The molecule has 0 bridgehead atoms. The maximum Gasteiger partial charge on any atom is 0.279 e. The van der Waals surface area contributed by atoms with Crippen molar-refractivity contribution in [1.82, 2.24) is 19.4 Å². The number of halogens is 1. The number of nitrogens with zero attached hydrogens (tertiary/aromatic N) is 3. The molecular formula is C30H37FN6O. The van der Waals surface area contributed by atoms with Crippen molar-refractivity contribution in [1.29, 1.82) is 10.8 Å². The second kappa shape index (κ2) is 9.49. The molecule has 2 aromatic heterocycles. The number of benzene rings is 1. The molecule has 1 saturated heterocycles. The van der Waals surface area contributed by atoms with Crippen LogP contribution in [0.2, 0.25) is 0 Å².